The van der Waals surface area contributed by atoms with E-state index >= 15 is 0 Å². The molecule has 3 rings (SSSR count). The van der Waals surface area contributed by atoms with Crippen molar-refractivity contribution >= 4 is 11.6 Å². The minimum absolute atomic E-state index is 0.0283. The molecule has 0 fully saturated rings. The van der Waals surface area contributed by atoms with Gasteiger partial charge in [0.2, 0.25) is 12.7 Å². The molecule has 1 aliphatic heterocycles. The lowest BCUT2D eigenvalue weighted by Gasteiger charge is -2.24. The molecule has 23 heavy (non-hydrogen) atoms. The summed E-state index contributed by atoms with van der Waals surface area (Å²) in [6.07, 6.45) is 0. The van der Waals surface area contributed by atoms with Crippen molar-refractivity contribution in [3.05, 3.63) is 54.1 Å². The lowest BCUT2D eigenvalue weighted by molar-refractivity contribution is -0.120. The summed E-state index contributed by atoms with van der Waals surface area (Å²) in [5.41, 5.74) is 1.89. The van der Waals surface area contributed by atoms with Gasteiger partial charge >= 0.3 is 0 Å². The smallest absolute Gasteiger partial charge is 0.241 e. The lowest BCUT2D eigenvalue weighted by atomic mass is 10.1. The van der Waals surface area contributed by atoms with Crippen molar-refractivity contribution in [1.82, 2.24) is 4.90 Å². The summed E-state index contributed by atoms with van der Waals surface area (Å²) < 4.78 is 10.7. The Hall–Kier alpha value is -2.53. The van der Waals surface area contributed by atoms with Crippen molar-refractivity contribution in [2.24, 2.45) is 0 Å². The SMILES string of the molecule is C[C@@H](C(=O)Nc1ccccc1)N(C)Cc1ccc2c(c1)OCO2. The number of likely N-dealkylation sites (N-methyl/N-ethyl adjacent to an activating group) is 1. The van der Waals surface area contributed by atoms with E-state index in [9.17, 15) is 4.79 Å². The number of fused-ring (bicyclic) bond motifs is 1. The molecule has 0 radical (unpaired) electrons. The summed E-state index contributed by atoms with van der Waals surface area (Å²) >= 11 is 0. The number of amides is 1. The van der Waals surface area contributed by atoms with Gasteiger partial charge in [0.15, 0.2) is 11.5 Å². The van der Waals surface area contributed by atoms with Crippen LogP contribution in [-0.2, 0) is 11.3 Å². The Morgan fingerprint density at radius 3 is 2.70 bits per heavy atom. The maximum Gasteiger partial charge on any atom is 0.241 e. The topological polar surface area (TPSA) is 50.8 Å². The lowest BCUT2D eigenvalue weighted by Crippen LogP contribution is -2.39. The Morgan fingerprint density at radius 1 is 1.17 bits per heavy atom. The number of nitrogens with one attached hydrogen (secondary N) is 1. The van der Waals surface area contributed by atoms with Gasteiger partial charge in [-0.15, -0.1) is 0 Å². The zero-order chi connectivity index (χ0) is 16.2. The minimum atomic E-state index is -0.249. The zero-order valence-corrected chi connectivity index (χ0v) is 13.3. The molecular weight excluding hydrogens is 292 g/mol. The summed E-state index contributed by atoms with van der Waals surface area (Å²) in [7, 11) is 1.93. The Balaban J connectivity index is 1.61. The van der Waals surface area contributed by atoms with Gasteiger partial charge in [-0.3, -0.25) is 9.69 Å². The van der Waals surface area contributed by atoms with Crippen molar-refractivity contribution in [2.75, 3.05) is 19.2 Å². The van der Waals surface area contributed by atoms with Crippen molar-refractivity contribution in [1.29, 1.82) is 0 Å². The summed E-state index contributed by atoms with van der Waals surface area (Å²) in [6, 6.07) is 15.1. The quantitative estimate of drug-likeness (QED) is 0.922. The first-order valence-electron chi connectivity index (χ1n) is 7.58. The molecule has 5 nitrogen and oxygen atoms in total. The van der Waals surface area contributed by atoms with Crippen molar-refractivity contribution in [2.45, 2.75) is 19.5 Å². The molecule has 1 N–H and O–H groups in total. The van der Waals surface area contributed by atoms with Gasteiger partial charge in [-0.05, 0) is 43.8 Å². The highest BCUT2D eigenvalue weighted by molar-refractivity contribution is 5.94. The number of para-hydroxylation sites is 1. The fourth-order valence-corrected chi connectivity index (χ4v) is 2.43. The van der Waals surface area contributed by atoms with Crippen LogP contribution >= 0.6 is 0 Å². The molecule has 1 atom stereocenters. The van der Waals surface area contributed by atoms with Gasteiger partial charge in [-0.1, -0.05) is 24.3 Å². The number of hydrogen-bond acceptors (Lipinski definition) is 4. The molecule has 2 aromatic rings. The van der Waals surface area contributed by atoms with E-state index in [1.165, 1.54) is 0 Å². The van der Waals surface area contributed by atoms with E-state index in [4.69, 9.17) is 9.47 Å². The second kappa shape index (κ2) is 6.71. The molecule has 2 aromatic carbocycles. The van der Waals surface area contributed by atoms with E-state index in [1.807, 2.05) is 67.4 Å². The van der Waals surface area contributed by atoms with Crippen LogP contribution in [-0.4, -0.2) is 30.7 Å². The van der Waals surface area contributed by atoms with E-state index in [1.54, 1.807) is 0 Å². The van der Waals surface area contributed by atoms with Crippen molar-refractivity contribution in [3.63, 3.8) is 0 Å². The molecule has 1 amide bonds. The molecule has 0 unspecified atom stereocenters. The molecule has 0 saturated carbocycles. The normalized spacial score (nSPS) is 13.9. The second-order valence-electron chi connectivity index (χ2n) is 5.63. The summed E-state index contributed by atoms with van der Waals surface area (Å²) in [5.74, 6) is 1.50. The number of rotatable bonds is 5. The van der Waals surface area contributed by atoms with Crippen LogP contribution < -0.4 is 14.8 Å². The molecule has 1 heterocycles. The second-order valence-corrected chi connectivity index (χ2v) is 5.63. The molecule has 5 heteroatoms. The predicted octanol–water partition coefficient (Wildman–Crippen LogP) is 2.87. The van der Waals surface area contributed by atoms with Gasteiger partial charge in [0.05, 0.1) is 6.04 Å². The van der Waals surface area contributed by atoms with Gasteiger partial charge in [-0.25, -0.2) is 0 Å². The highest BCUT2D eigenvalue weighted by atomic mass is 16.7. The van der Waals surface area contributed by atoms with E-state index in [2.05, 4.69) is 5.32 Å². The molecule has 0 aromatic heterocycles. The van der Waals surface area contributed by atoms with Gasteiger partial charge in [0, 0.05) is 12.2 Å². The molecule has 0 saturated heterocycles. The first-order valence-corrected chi connectivity index (χ1v) is 7.58. The van der Waals surface area contributed by atoms with Gasteiger partial charge in [-0.2, -0.15) is 0 Å². The van der Waals surface area contributed by atoms with Crippen LogP contribution in [0.15, 0.2) is 48.5 Å². The predicted molar refractivity (Wildman–Crippen MR) is 88.6 cm³/mol. The molecule has 1 aliphatic rings. The third kappa shape index (κ3) is 3.63. The van der Waals surface area contributed by atoms with Crippen LogP contribution in [0.3, 0.4) is 0 Å². The van der Waals surface area contributed by atoms with E-state index < -0.39 is 0 Å². The summed E-state index contributed by atoms with van der Waals surface area (Å²) in [6.45, 7) is 2.82. The number of carbonyl (C=O) groups is 1. The van der Waals surface area contributed by atoms with Crippen molar-refractivity contribution in [3.8, 4) is 11.5 Å². The van der Waals surface area contributed by atoms with Crippen molar-refractivity contribution < 1.29 is 14.3 Å². The van der Waals surface area contributed by atoms with Gasteiger partial charge < -0.3 is 14.8 Å². The van der Waals surface area contributed by atoms with Crippen LogP contribution in [0.4, 0.5) is 5.69 Å². The number of benzene rings is 2. The molecule has 0 bridgehead atoms. The zero-order valence-electron chi connectivity index (χ0n) is 13.3. The Bertz CT molecular complexity index is 688. The molecule has 0 spiro atoms. The summed E-state index contributed by atoms with van der Waals surface area (Å²) in [5, 5.41) is 2.92. The fraction of sp³-hybridized carbons (Fsp3) is 0.278. The minimum Gasteiger partial charge on any atom is -0.454 e. The Kier molecular flexibility index (Phi) is 4.48. The monoisotopic (exact) mass is 312 g/mol. The third-order valence-electron chi connectivity index (χ3n) is 3.95. The van der Waals surface area contributed by atoms with E-state index in [0.717, 1.165) is 22.7 Å². The number of anilines is 1. The molecule has 0 aliphatic carbocycles. The number of carbonyl (C=O) groups excluding carboxylic acids is 1. The third-order valence-corrected chi connectivity index (χ3v) is 3.95. The largest absolute Gasteiger partial charge is 0.454 e. The highest BCUT2D eigenvalue weighted by Gasteiger charge is 2.19. The van der Waals surface area contributed by atoms with Gasteiger partial charge in [0.1, 0.15) is 0 Å². The highest BCUT2D eigenvalue weighted by Crippen LogP contribution is 2.32. The van der Waals surface area contributed by atoms with E-state index in [-0.39, 0.29) is 18.7 Å². The summed E-state index contributed by atoms with van der Waals surface area (Å²) in [4.78, 5) is 14.3. The molecule has 120 valence electrons. The van der Waals surface area contributed by atoms with E-state index in [0.29, 0.717) is 6.54 Å². The average Bonchev–Trinajstić information content (AvgIpc) is 3.02. The fourth-order valence-electron chi connectivity index (χ4n) is 2.43. The van der Waals surface area contributed by atoms with Crippen LogP contribution in [0.25, 0.3) is 0 Å². The number of nitrogens with zero attached hydrogens (tertiary/aromatic N) is 1. The average molecular weight is 312 g/mol. The van der Waals surface area contributed by atoms with Crippen LogP contribution in [0.1, 0.15) is 12.5 Å². The van der Waals surface area contributed by atoms with Crippen LogP contribution in [0, 0.1) is 0 Å². The Labute approximate surface area is 135 Å². The standard InChI is InChI=1S/C18H20N2O3/c1-13(18(21)19-15-6-4-3-5-7-15)20(2)11-14-8-9-16-17(10-14)23-12-22-16/h3-10,13H,11-12H2,1-2H3,(H,19,21)/t13-/m0/s1. The first kappa shape index (κ1) is 15.4. The van der Waals surface area contributed by atoms with Crippen LogP contribution in [0.5, 0.6) is 11.5 Å². The Morgan fingerprint density at radius 2 is 1.91 bits per heavy atom. The number of ether oxygens (including phenoxy) is 2. The van der Waals surface area contributed by atoms with Crippen LogP contribution in [0.2, 0.25) is 0 Å². The first-order chi connectivity index (χ1) is 11.1. The maximum absolute atomic E-state index is 12.3. The maximum atomic E-state index is 12.3. The van der Waals surface area contributed by atoms with Gasteiger partial charge in [0.25, 0.3) is 0 Å². The molecular formula is C18H20N2O3. The number of hydrogen-bond donors (Lipinski definition) is 1.